The first-order valence-corrected chi connectivity index (χ1v) is 8.26. The summed E-state index contributed by atoms with van der Waals surface area (Å²) in [6, 6.07) is 4.46. The third-order valence-corrected chi connectivity index (χ3v) is 4.13. The van der Waals surface area contributed by atoms with Gasteiger partial charge in [0.2, 0.25) is 0 Å². The molecule has 1 N–H and O–H groups in total. The molecule has 22 heavy (non-hydrogen) atoms. The summed E-state index contributed by atoms with van der Waals surface area (Å²) in [5.74, 6) is 2.53. The van der Waals surface area contributed by atoms with Crippen LogP contribution < -0.4 is 0 Å². The smallest absolute Gasteiger partial charge is 0.129 e. The Balaban J connectivity index is 1.90. The third-order valence-electron chi connectivity index (χ3n) is 4.13. The highest BCUT2D eigenvalue weighted by atomic mass is 16.5. The second kappa shape index (κ2) is 8.67. The van der Waals surface area contributed by atoms with E-state index in [9.17, 15) is 5.11 Å². The number of aliphatic hydroxyl groups is 1. The number of ether oxygens (including phenoxy) is 1. The Morgan fingerprint density at radius 3 is 2.77 bits per heavy atom. The maximum absolute atomic E-state index is 9.33. The monoisotopic (exact) mass is 310 g/mol. The van der Waals surface area contributed by atoms with Crippen LogP contribution in [0.15, 0.2) is 16.5 Å². The van der Waals surface area contributed by atoms with E-state index in [4.69, 9.17) is 9.15 Å². The molecule has 0 spiro atoms. The van der Waals surface area contributed by atoms with Gasteiger partial charge < -0.3 is 14.3 Å². The van der Waals surface area contributed by atoms with Crippen LogP contribution in [-0.2, 0) is 17.9 Å². The van der Waals surface area contributed by atoms with Crippen LogP contribution in [0.5, 0.6) is 0 Å². The minimum Gasteiger partial charge on any atom is -0.462 e. The van der Waals surface area contributed by atoms with Crippen molar-refractivity contribution in [1.29, 1.82) is 0 Å². The van der Waals surface area contributed by atoms with Crippen molar-refractivity contribution in [2.75, 3.05) is 39.9 Å². The summed E-state index contributed by atoms with van der Waals surface area (Å²) in [5.41, 5.74) is 0. The van der Waals surface area contributed by atoms with E-state index < -0.39 is 0 Å². The number of rotatable bonds is 8. The van der Waals surface area contributed by atoms with Gasteiger partial charge in [-0.1, -0.05) is 13.8 Å². The Hall–Kier alpha value is -0.880. The molecule has 0 radical (unpaired) electrons. The first kappa shape index (κ1) is 17.5. The third kappa shape index (κ3) is 5.09. The SMILES string of the molecule is COCc1ccc(CN2CCN(CC(C)C)[C@@H](CCO)C2)o1. The van der Waals surface area contributed by atoms with Gasteiger partial charge in [0.05, 0.1) is 6.54 Å². The van der Waals surface area contributed by atoms with Crippen molar-refractivity contribution in [3.8, 4) is 0 Å². The Kier molecular flexibility index (Phi) is 6.89. The van der Waals surface area contributed by atoms with Crippen molar-refractivity contribution in [3.05, 3.63) is 23.7 Å². The van der Waals surface area contributed by atoms with Crippen molar-refractivity contribution in [2.24, 2.45) is 5.92 Å². The molecule has 1 aliphatic heterocycles. The Morgan fingerprint density at radius 1 is 1.32 bits per heavy atom. The van der Waals surface area contributed by atoms with Crippen molar-refractivity contribution in [2.45, 2.75) is 39.5 Å². The molecule has 2 heterocycles. The number of hydrogen-bond donors (Lipinski definition) is 1. The zero-order chi connectivity index (χ0) is 15.9. The molecule has 1 aromatic heterocycles. The largest absolute Gasteiger partial charge is 0.462 e. The standard InChI is InChI=1S/C17H30N2O3/c1-14(2)10-19-8-7-18(11-15(19)6-9-20)12-16-4-5-17(22-16)13-21-3/h4-5,14-15,20H,6-13H2,1-3H3/t15-/m0/s1. The first-order valence-electron chi connectivity index (χ1n) is 8.26. The fourth-order valence-corrected chi connectivity index (χ4v) is 3.18. The zero-order valence-corrected chi connectivity index (χ0v) is 14.1. The van der Waals surface area contributed by atoms with Gasteiger partial charge in [-0.25, -0.2) is 0 Å². The topological polar surface area (TPSA) is 49.1 Å². The lowest BCUT2D eigenvalue weighted by Crippen LogP contribution is -2.53. The van der Waals surface area contributed by atoms with Crippen LogP contribution in [0.1, 0.15) is 31.8 Å². The highest BCUT2D eigenvalue weighted by Crippen LogP contribution is 2.18. The molecule has 0 amide bonds. The van der Waals surface area contributed by atoms with E-state index in [0.29, 0.717) is 18.6 Å². The highest BCUT2D eigenvalue weighted by Gasteiger charge is 2.27. The Morgan fingerprint density at radius 2 is 2.09 bits per heavy atom. The minimum atomic E-state index is 0.256. The van der Waals surface area contributed by atoms with Gasteiger partial charge >= 0.3 is 0 Å². The molecular weight excluding hydrogens is 280 g/mol. The lowest BCUT2D eigenvalue weighted by molar-refractivity contribution is 0.0441. The van der Waals surface area contributed by atoms with E-state index >= 15 is 0 Å². The molecule has 1 saturated heterocycles. The second-order valence-corrected chi connectivity index (χ2v) is 6.59. The quantitative estimate of drug-likeness (QED) is 0.795. The summed E-state index contributed by atoms with van der Waals surface area (Å²) in [4.78, 5) is 4.95. The average molecular weight is 310 g/mol. The van der Waals surface area contributed by atoms with E-state index in [2.05, 4.69) is 23.6 Å². The Labute approximate surface area is 133 Å². The molecule has 1 fully saturated rings. The van der Waals surface area contributed by atoms with Gasteiger partial charge in [-0.05, 0) is 24.5 Å². The lowest BCUT2D eigenvalue weighted by Gasteiger charge is -2.42. The van der Waals surface area contributed by atoms with Gasteiger partial charge in [0.1, 0.15) is 18.1 Å². The fourth-order valence-electron chi connectivity index (χ4n) is 3.18. The summed E-state index contributed by atoms with van der Waals surface area (Å²) in [7, 11) is 1.68. The van der Waals surface area contributed by atoms with Crippen LogP contribution in [0.3, 0.4) is 0 Å². The first-order chi connectivity index (χ1) is 10.6. The molecule has 0 bridgehead atoms. The summed E-state index contributed by atoms with van der Waals surface area (Å²) in [5, 5.41) is 9.33. The number of piperazine rings is 1. The second-order valence-electron chi connectivity index (χ2n) is 6.59. The van der Waals surface area contributed by atoms with E-state index in [1.54, 1.807) is 7.11 Å². The van der Waals surface area contributed by atoms with Gasteiger partial charge in [0.15, 0.2) is 0 Å². The molecule has 0 aliphatic carbocycles. The maximum Gasteiger partial charge on any atom is 0.129 e. The molecule has 0 saturated carbocycles. The number of nitrogens with zero attached hydrogens (tertiary/aromatic N) is 2. The predicted molar refractivity (Wildman–Crippen MR) is 86.6 cm³/mol. The molecule has 1 aliphatic rings. The normalized spacial score (nSPS) is 20.9. The Bertz CT molecular complexity index is 433. The van der Waals surface area contributed by atoms with Gasteiger partial charge in [-0.3, -0.25) is 9.80 Å². The maximum atomic E-state index is 9.33. The van der Waals surface area contributed by atoms with Gasteiger partial charge in [-0.2, -0.15) is 0 Å². The number of methoxy groups -OCH3 is 1. The molecule has 0 aromatic carbocycles. The number of furan rings is 1. The highest BCUT2D eigenvalue weighted by molar-refractivity contribution is 5.06. The van der Waals surface area contributed by atoms with Crippen LogP contribution in [0, 0.1) is 5.92 Å². The van der Waals surface area contributed by atoms with Gasteiger partial charge in [-0.15, -0.1) is 0 Å². The molecule has 2 rings (SSSR count). The van der Waals surface area contributed by atoms with Crippen molar-refractivity contribution in [1.82, 2.24) is 9.80 Å². The zero-order valence-electron chi connectivity index (χ0n) is 14.1. The summed E-state index contributed by atoms with van der Waals surface area (Å²) < 4.78 is 10.9. The summed E-state index contributed by atoms with van der Waals surface area (Å²) in [6.07, 6.45) is 0.844. The van der Waals surface area contributed by atoms with E-state index in [1.807, 2.05) is 12.1 Å². The van der Waals surface area contributed by atoms with Crippen LogP contribution >= 0.6 is 0 Å². The summed E-state index contributed by atoms with van der Waals surface area (Å²) in [6.45, 7) is 10.3. The molecule has 126 valence electrons. The summed E-state index contributed by atoms with van der Waals surface area (Å²) >= 11 is 0. The number of aliphatic hydroxyl groups excluding tert-OH is 1. The minimum absolute atomic E-state index is 0.256. The molecule has 5 heteroatoms. The van der Waals surface area contributed by atoms with Crippen LogP contribution in [0.2, 0.25) is 0 Å². The van der Waals surface area contributed by atoms with Crippen molar-refractivity contribution in [3.63, 3.8) is 0 Å². The van der Waals surface area contributed by atoms with Gasteiger partial charge in [0, 0.05) is 45.9 Å². The van der Waals surface area contributed by atoms with Gasteiger partial charge in [0.25, 0.3) is 0 Å². The molecule has 1 aromatic rings. The molecule has 5 nitrogen and oxygen atoms in total. The van der Waals surface area contributed by atoms with E-state index in [0.717, 1.165) is 50.7 Å². The van der Waals surface area contributed by atoms with Crippen molar-refractivity contribution >= 4 is 0 Å². The lowest BCUT2D eigenvalue weighted by atomic mass is 10.1. The average Bonchev–Trinajstić information content (AvgIpc) is 2.89. The number of hydrogen-bond acceptors (Lipinski definition) is 5. The molecule has 0 unspecified atom stereocenters. The predicted octanol–water partition coefficient (Wildman–Crippen LogP) is 1.95. The fraction of sp³-hybridized carbons (Fsp3) is 0.765. The molecular formula is C17H30N2O3. The van der Waals surface area contributed by atoms with Crippen LogP contribution in [0.25, 0.3) is 0 Å². The van der Waals surface area contributed by atoms with Crippen LogP contribution in [0.4, 0.5) is 0 Å². The van der Waals surface area contributed by atoms with Crippen LogP contribution in [-0.4, -0.2) is 60.8 Å². The van der Waals surface area contributed by atoms with E-state index in [-0.39, 0.29) is 6.61 Å². The van der Waals surface area contributed by atoms with E-state index in [1.165, 1.54) is 0 Å². The van der Waals surface area contributed by atoms with Crippen molar-refractivity contribution < 1.29 is 14.3 Å². The molecule has 1 atom stereocenters.